The Balaban J connectivity index is 1.78. The second kappa shape index (κ2) is 9.83. The van der Waals surface area contributed by atoms with Crippen LogP contribution in [0, 0.1) is 19.3 Å². The van der Waals surface area contributed by atoms with Crippen molar-refractivity contribution in [2.75, 3.05) is 20.3 Å². The highest BCUT2D eigenvalue weighted by Crippen LogP contribution is 2.39. The fourth-order valence-electron chi connectivity index (χ4n) is 4.79. The normalized spacial score (nSPS) is 14.0. The van der Waals surface area contributed by atoms with Crippen molar-refractivity contribution < 1.29 is 9.47 Å². The molecule has 1 saturated heterocycles. The second-order valence-electron chi connectivity index (χ2n) is 9.71. The van der Waals surface area contributed by atoms with E-state index in [4.69, 9.17) is 14.9 Å². The van der Waals surface area contributed by atoms with Crippen LogP contribution in [0.4, 0.5) is 0 Å². The molecule has 3 N–H and O–H groups in total. The number of para-hydroxylation sites is 1. The molecular formula is C29H31N5O4. The summed E-state index contributed by atoms with van der Waals surface area (Å²) in [5.41, 5.74) is 4.79. The van der Waals surface area contributed by atoms with Crippen LogP contribution >= 0.6 is 0 Å². The number of allylic oxidation sites excluding steroid dienone is 1. The number of rotatable bonds is 7. The van der Waals surface area contributed by atoms with Crippen LogP contribution in [0.15, 0.2) is 58.5 Å². The Bertz CT molecular complexity index is 1700. The van der Waals surface area contributed by atoms with Crippen molar-refractivity contribution in [1.29, 1.82) is 5.41 Å². The smallest absolute Gasteiger partial charge is 0.274 e. The summed E-state index contributed by atoms with van der Waals surface area (Å²) >= 11 is 0. The number of fused-ring (bicyclic) bond motifs is 1. The number of benzene rings is 1. The van der Waals surface area contributed by atoms with Crippen molar-refractivity contribution in [3.63, 3.8) is 0 Å². The van der Waals surface area contributed by atoms with Crippen molar-refractivity contribution in [2.45, 2.75) is 26.8 Å². The van der Waals surface area contributed by atoms with Crippen molar-refractivity contribution in [1.82, 2.24) is 19.4 Å². The number of nitrogens with one attached hydrogen (secondary N) is 3. The standard InChI is InChI=1S/C29H31N5O4/c1-16-7-6-8-17(2)28(16)38-25-13-34(19-14-37-15-19)26(35)10-20(25)23-12-33(5)29(36)27-21(23)9-24(32-27)22(11-31-4)18(3)30/h6-13,19,30-32H,14-15H2,1-5H3/b22-11+,30-18?. The van der Waals surface area contributed by atoms with Crippen LogP contribution in [-0.2, 0) is 11.8 Å². The Hall–Kier alpha value is -4.37. The van der Waals surface area contributed by atoms with Gasteiger partial charge in [0.2, 0.25) is 0 Å². The van der Waals surface area contributed by atoms with Gasteiger partial charge in [-0.2, -0.15) is 0 Å². The number of aromatic nitrogens is 3. The van der Waals surface area contributed by atoms with E-state index in [1.807, 2.05) is 38.1 Å². The van der Waals surface area contributed by atoms with E-state index < -0.39 is 0 Å². The first kappa shape index (κ1) is 25.3. The van der Waals surface area contributed by atoms with E-state index in [-0.39, 0.29) is 17.2 Å². The van der Waals surface area contributed by atoms with E-state index in [9.17, 15) is 9.59 Å². The SMILES string of the molecule is CN/C=C(\C(C)=N)c1cc2c(-c3cc(=O)n(C4COC4)cc3Oc3c(C)cccc3C)cn(C)c(=O)c2[nH]1. The Morgan fingerprint density at radius 1 is 1.16 bits per heavy atom. The van der Waals surface area contributed by atoms with Gasteiger partial charge < -0.3 is 34.3 Å². The van der Waals surface area contributed by atoms with E-state index in [1.54, 1.807) is 50.2 Å². The van der Waals surface area contributed by atoms with Crippen LogP contribution in [0.25, 0.3) is 27.6 Å². The predicted molar refractivity (Wildman–Crippen MR) is 150 cm³/mol. The van der Waals surface area contributed by atoms with Crippen molar-refractivity contribution in [3.05, 3.63) is 86.5 Å². The topological polar surface area (TPSA) is 114 Å². The average Bonchev–Trinajstić information content (AvgIpc) is 3.28. The first-order valence-electron chi connectivity index (χ1n) is 12.4. The van der Waals surface area contributed by atoms with E-state index in [0.29, 0.717) is 58.0 Å². The fourth-order valence-corrected chi connectivity index (χ4v) is 4.79. The minimum Gasteiger partial charge on any atom is -0.455 e. The maximum atomic E-state index is 13.3. The molecule has 0 saturated carbocycles. The van der Waals surface area contributed by atoms with Gasteiger partial charge in [0.1, 0.15) is 11.3 Å². The molecule has 0 spiro atoms. The van der Waals surface area contributed by atoms with Gasteiger partial charge in [-0.05, 0) is 38.0 Å². The summed E-state index contributed by atoms with van der Waals surface area (Å²) in [5.74, 6) is 1.23. The molecule has 0 unspecified atom stereocenters. The number of nitrogens with zero attached hydrogens (tertiary/aromatic N) is 2. The third kappa shape index (κ3) is 4.35. The van der Waals surface area contributed by atoms with Crippen LogP contribution in [0.5, 0.6) is 11.5 Å². The molecule has 3 aromatic heterocycles. The lowest BCUT2D eigenvalue weighted by atomic mass is 10.0. The minimum atomic E-state index is -0.210. The largest absolute Gasteiger partial charge is 0.455 e. The highest BCUT2D eigenvalue weighted by atomic mass is 16.5. The molecule has 38 heavy (non-hydrogen) atoms. The van der Waals surface area contributed by atoms with E-state index in [0.717, 1.165) is 16.9 Å². The van der Waals surface area contributed by atoms with Gasteiger partial charge in [-0.1, -0.05) is 18.2 Å². The molecule has 9 heteroatoms. The van der Waals surface area contributed by atoms with Gasteiger partial charge in [-0.3, -0.25) is 9.59 Å². The van der Waals surface area contributed by atoms with Gasteiger partial charge in [0.05, 0.1) is 25.5 Å². The van der Waals surface area contributed by atoms with Gasteiger partial charge in [0, 0.05) is 66.1 Å². The molecule has 0 atom stereocenters. The van der Waals surface area contributed by atoms with Gasteiger partial charge in [-0.15, -0.1) is 0 Å². The number of aryl methyl sites for hydroxylation is 3. The Labute approximate surface area is 219 Å². The summed E-state index contributed by atoms with van der Waals surface area (Å²) in [7, 11) is 3.44. The van der Waals surface area contributed by atoms with Crippen LogP contribution in [-0.4, -0.2) is 40.1 Å². The van der Waals surface area contributed by atoms with Crippen LogP contribution in [0.3, 0.4) is 0 Å². The van der Waals surface area contributed by atoms with Gasteiger partial charge in [0.15, 0.2) is 5.75 Å². The molecule has 0 amide bonds. The highest BCUT2D eigenvalue weighted by molar-refractivity contribution is 6.21. The molecule has 1 aliphatic rings. The lowest BCUT2D eigenvalue weighted by Crippen LogP contribution is -2.37. The Morgan fingerprint density at radius 2 is 1.87 bits per heavy atom. The summed E-state index contributed by atoms with van der Waals surface area (Å²) in [6, 6.07) is 9.30. The zero-order valence-electron chi connectivity index (χ0n) is 22.1. The van der Waals surface area contributed by atoms with Crippen LogP contribution in [0.1, 0.15) is 29.8 Å². The lowest BCUT2D eigenvalue weighted by molar-refractivity contribution is -0.0249. The van der Waals surface area contributed by atoms with Gasteiger partial charge in [0.25, 0.3) is 11.1 Å². The fraction of sp³-hybridized carbons (Fsp3) is 0.276. The third-order valence-electron chi connectivity index (χ3n) is 6.92. The number of ether oxygens (including phenoxy) is 2. The monoisotopic (exact) mass is 513 g/mol. The predicted octanol–water partition coefficient (Wildman–Crippen LogP) is 4.28. The maximum absolute atomic E-state index is 13.3. The van der Waals surface area contributed by atoms with E-state index in [1.165, 1.54) is 4.57 Å². The van der Waals surface area contributed by atoms with Crippen molar-refractivity contribution in [3.8, 4) is 22.6 Å². The molecule has 0 radical (unpaired) electrons. The van der Waals surface area contributed by atoms with Crippen LogP contribution in [0.2, 0.25) is 0 Å². The molecule has 0 bridgehead atoms. The summed E-state index contributed by atoms with van der Waals surface area (Å²) in [6.45, 7) is 6.59. The molecule has 196 valence electrons. The number of hydrogen-bond acceptors (Lipinski definition) is 6. The first-order chi connectivity index (χ1) is 18.2. The minimum absolute atomic E-state index is 0.0549. The molecular weight excluding hydrogens is 482 g/mol. The zero-order chi connectivity index (χ0) is 27.1. The summed E-state index contributed by atoms with van der Waals surface area (Å²) in [4.78, 5) is 29.6. The maximum Gasteiger partial charge on any atom is 0.274 e. The van der Waals surface area contributed by atoms with E-state index in [2.05, 4.69) is 10.3 Å². The van der Waals surface area contributed by atoms with Gasteiger partial charge >= 0.3 is 0 Å². The first-order valence-corrected chi connectivity index (χ1v) is 12.4. The van der Waals surface area contributed by atoms with E-state index >= 15 is 0 Å². The van der Waals surface area contributed by atoms with Crippen molar-refractivity contribution in [2.24, 2.45) is 7.05 Å². The third-order valence-corrected chi connectivity index (χ3v) is 6.92. The highest BCUT2D eigenvalue weighted by Gasteiger charge is 2.25. The number of hydrogen-bond donors (Lipinski definition) is 3. The Kier molecular flexibility index (Phi) is 6.54. The molecule has 0 aliphatic carbocycles. The number of pyridine rings is 2. The molecule has 1 fully saturated rings. The van der Waals surface area contributed by atoms with Crippen molar-refractivity contribution >= 4 is 22.2 Å². The Morgan fingerprint density at radius 3 is 2.47 bits per heavy atom. The van der Waals surface area contributed by atoms with Gasteiger partial charge in [-0.25, -0.2) is 0 Å². The number of aromatic amines is 1. The van der Waals surface area contributed by atoms with Crippen LogP contribution < -0.4 is 21.2 Å². The summed E-state index contributed by atoms with van der Waals surface area (Å²) in [5, 5.41) is 11.8. The molecule has 9 nitrogen and oxygen atoms in total. The molecule has 1 aliphatic heterocycles. The quantitative estimate of drug-likeness (QED) is 0.319. The molecule has 5 rings (SSSR count). The lowest BCUT2D eigenvalue weighted by Gasteiger charge is -2.29. The molecule has 1 aromatic carbocycles. The molecule has 4 heterocycles. The zero-order valence-corrected chi connectivity index (χ0v) is 22.1. The molecule has 4 aromatic rings. The second-order valence-corrected chi connectivity index (χ2v) is 9.71. The summed E-state index contributed by atoms with van der Waals surface area (Å²) in [6.07, 6.45) is 5.19. The number of H-pyrrole nitrogens is 1. The average molecular weight is 514 g/mol. The summed E-state index contributed by atoms with van der Waals surface area (Å²) < 4.78 is 15.0.